The van der Waals surface area contributed by atoms with Crippen LogP contribution in [0.25, 0.3) is 0 Å². The number of likely N-dealkylation sites (tertiary alicyclic amines) is 1. The van der Waals surface area contributed by atoms with Crippen molar-refractivity contribution in [2.75, 3.05) is 13.1 Å². The summed E-state index contributed by atoms with van der Waals surface area (Å²) in [6, 6.07) is 9.51. The lowest BCUT2D eigenvalue weighted by molar-refractivity contribution is -0.136. The number of aryl methyl sites for hydroxylation is 1. The molecular formula is C26H26FN3O4. The normalized spacial score (nSPS) is 21.0. The van der Waals surface area contributed by atoms with E-state index < -0.39 is 17.8 Å². The number of hydrogen-bond acceptors (Lipinski definition) is 4. The Bertz CT molecular complexity index is 1200. The van der Waals surface area contributed by atoms with Gasteiger partial charge in [-0.15, -0.1) is 0 Å². The molecule has 0 spiro atoms. The van der Waals surface area contributed by atoms with Gasteiger partial charge in [-0.05, 0) is 67.0 Å². The van der Waals surface area contributed by atoms with Crippen LogP contribution in [0.1, 0.15) is 69.0 Å². The number of imide groups is 1. The highest BCUT2D eigenvalue weighted by Gasteiger charge is 2.41. The van der Waals surface area contributed by atoms with Gasteiger partial charge in [-0.2, -0.15) is 0 Å². The predicted octanol–water partition coefficient (Wildman–Crippen LogP) is 2.91. The van der Waals surface area contributed by atoms with Gasteiger partial charge in [0, 0.05) is 37.2 Å². The fourth-order valence-electron chi connectivity index (χ4n) is 5.39. The highest BCUT2D eigenvalue weighted by molar-refractivity contribution is 6.05. The minimum Gasteiger partial charge on any atom is -0.339 e. The second-order valence-corrected chi connectivity index (χ2v) is 9.30. The van der Waals surface area contributed by atoms with E-state index in [2.05, 4.69) is 5.32 Å². The van der Waals surface area contributed by atoms with Gasteiger partial charge >= 0.3 is 0 Å². The number of hydrogen-bond donors (Lipinski definition) is 1. The van der Waals surface area contributed by atoms with Crippen molar-refractivity contribution in [3.8, 4) is 0 Å². The number of nitrogens with one attached hydrogen (secondary N) is 1. The Morgan fingerprint density at radius 2 is 1.79 bits per heavy atom. The van der Waals surface area contributed by atoms with Gasteiger partial charge in [-0.3, -0.25) is 24.5 Å². The Morgan fingerprint density at radius 1 is 1.06 bits per heavy atom. The highest BCUT2D eigenvalue weighted by atomic mass is 19.1. The Labute approximate surface area is 196 Å². The number of nitrogens with zero attached hydrogens (tertiary/aromatic N) is 2. The van der Waals surface area contributed by atoms with Crippen LogP contribution in [0.15, 0.2) is 36.4 Å². The van der Waals surface area contributed by atoms with Gasteiger partial charge in [0.05, 0.1) is 0 Å². The zero-order chi connectivity index (χ0) is 24.0. The molecule has 8 heteroatoms. The van der Waals surface area contributed by atoms with E-state index in [0.29, 0.717) is 31.5 Å². The number of amides is 4. The number of carbonyl (C=O) groups is 4. The van der Waals surface area contributed by atoms with Crippen LogP contribution in [-0.2, 0) is 16.1 Å². The average Bonchev–Trinajstić information content (AvgIpc) is 3.14. The van der Waals surface area contributed by atoms with Crippen molar-refractivity contribution in [2.45, 2.75) is 51.1 Å². The van der Waals surface area contributed by atoms with Gasteiger partial charge in [0.1, 0.15) is 11.9 Å². The Balaban J connectivity index is 1.34. The molecule has 176 valence electrons. The van der Waals surface area contributed by atoms with Crippen LogP contribution in [0.4, 0.5) is 4.39 Å². The summed E-state index contributed by atoms with van der Waals surface area (Å²) in [4.78, 5) is 53.2. The Morgan fingerprint density at radius 3 is 2.50 bits per heavy atom. The average molecular weight is 464 g/mol. The Hall–Kier alpha value is -3.55. The third kappa shape index (κ3) is 3.87. The summed E-state index contributed by atoms with van der Waals surface area (Å²) in [5, 5.41) is 2.29. The molecule has 34 heavy (non-hydrogen) atoms. The molecule has 5 rings (SSSR count). The fourth-order valence-corrected chi connectivity index (χ4v) is 5.39. The standard InChI is InChI=1S/C26H26FN3O4/c1-15-4-2-3-5-18(15)25(33)29-10-8-16(9-11-29)19-12-17(27)13-20-21(19)14-30(26(20)34)22-6-7-23(31)28-24(22)32/h2-5,12-13,16,22H,6-11,14H2,1H3,(H,28,31,32). The molecular weight excluding hydrogens is 437 g/mol. The molecule has 0 aromatic heterocycles. The van der Waals surface area contributed by atoms with Crippen LogP contribution in [0.5, 0.6) is 0 Å². The van der Waals surface area contributed by atoms with Gasteiger partial charge in [0.2, 0.25) is 11.8 Å². The molecule has 3 aliphatic rings. The van der Waals surface area contributed by atoms with Gasteiger partial charge in [0.15, 0.2) is 0 Å². The van der Waals surface area contributed by atoms with E-state index in [9.17, 15) is 23.6 Å². The fraction of sp³-hybridized carbons (Fsp3) is 0.385. The van der Waals surface area contributed by atoms with E-state index in [1.807, 2.05) is 36.1 Å². The molecule has 0 saturated carbocycles. The second-order valence-electron chi connectivity index (χ2n) is 9.30. The summed E-state index contributed by atoms with van der Waals surface area (Å²) in [6.45, 7) is 3.24. The number of piperidine rings is 2. The minimum absolute atomic E-state index is 0.000215. The first-order valence-electron chi connectivity index (χ1n) is 11.7. The van der Waals surface area contributed by atoms with Crippen molar-refractivity contribution >= 4 is 23.6 Å². The van der Waals surface area contributed by atoms with Gasteiger partial charge in [0.25, 0.3) is 11.8 Å². The summed E-state index contributed by atoms with van der Waals surface area (Å²) in [6.07, 6.45) is 1.77. The third-order valence-corrected chi connectivity index (χ3v) is 7.25. The van der Waals surface area contributed by atoms with Crippen LogP contribution in [-0.4, -0.2) is 52.6 Å². The molecule has 2 fully saturated rings. The van der Waals surface area contributed by atoms with Gasteiger partial charge < -0.3 is 9.80 Å². The highest BCUT2D eigenvalue weighted by Crippen LogP contribution is 2.38. The van der Waals surface area contributed by atoms with E-state index in [0.717, 1.165) is 16.7 Å². The number of halogens is 1. The first-order valence-corrected chi connectivity index (χ1v) is 11.7. The van der Waals surface area contributed by atoms with Crippen molar-refractivity contribution in [3.63, 3.8) is 0 Å². The molecule has 0 bridgehead atoms. The molecule has 0 radical (unpaired) electrons. The van der Waals surface area contributed by atoms with Gasteiger partial charge in [-0.1, -0.05) is 18.2 Å². The quantitative estimate of drug-likeness (QED) is 0.710. The summed E-state index contributed by atoms with van der Waals surface area (Å²) >= 11 is 0. The molecule has 4 amide bonds. The van der Waals surface area contributed by atoms with Crippen molar-refractivity contribution in [1.82, 2.24) is 15.1 Å². The monoisotopic (exact) mass is 463 g/mol. The first kappa shape index (κ1) is 22.3. The van der Waals surface area contributed by atoms with Crippen molar-refractivity contribution < 1.29 is 23.6 Å². The zero-order valence-electron chi connectivity index (χ0n) is 19.0. The van der Waals surface area contributed by atoms with Crippen LogP contribution in [0, 0.1) is 12.7 Å². The summed E-state index contributed by atoms with van der Waals surface area (Å²) in [5.74, 6) is -1.67. The molecule has 1 N–H and O–H groups in total. The maximum absolute atomic E-state index is 14.6. The SMILES string of the molecule is Cc1ccccc1C(=O)N1CCC(c2cc(F)cc3c2CN(C2CCC(=O)NC2=O)C3=O)CC1. The summed E-state index contributed by atoms with van der Waals surface area (Å²) in [5.41, 5.74) is 3.45. The number of fused-ring (bicyclic) bond motifs is 1. The summed E-state index contributed by atoms with van der Waals surface area (Å²) in [7, 11) is 0. The predicted molar refractivity (Wildman–Crippen MR) is 122 cm³/mol. The molecule has 7 nitrogen and oxygen atoms in total. The maximum atomic E-state index is 14.6. The molecule has 3 heterocycles. The maximum Gasteiger partial charge on any atom is 0.255 e. The van der Waals surface area contributed by atoms with Crippen LogP contribution in [0.2, 0.25) is 0 Å². The molecule has 1 atom stereocenters. The number of carbonyl (C=O) groups excluding carboxylic acids is 4. The van der Waals surface area contributed by atoms with E-state index >= 15 is 0 Å². The Kier molecular flexibility index (Phi) is 5.67. The molecule has 2 saturated heterocycles. The smallest absolute Gasteiger partial charge is 0.255 e. The molecule has 2 aromatic carbocycles. The van der Waals surface area contributed by atoms with E-state index in [-0.39, 0.29) is 48.6 Å². The minimum atomic E-state index is -0.734. The third-order valence-electron chi connectivity index (χ3n) is 7.25. The van der Waals surface area contributed by atoms with E-state index in [4.69, 9.17) is 0 Å². The first-order chi connectivity index (χ1) is 16.3. The molecule has 2 aromatic rings. The van der Waals surface area contributed by atoms with Crippen molar-refractivity contribution in [1.29, 1.82) is 0 Å². The second kappa shape index (κ2) is 8.66. The van der Waals surface area contributed by atoms with Crippen molar-refractivity contribution in [2.24, 2.45) is 0 Å². The van der Waals surface area contributed by atoms with E-state index in [1.165, 1.54) is 17.0 Å². The van der Waals surface area contributed by atoms with Crippen molar-refractivity contribution in [3.05, 3.63) is 70.0 Å². The lowest BCUT2D eigenvalue weighted by Crippen LogP contribution is -2.52. The van der Waals surface area contributed by atoms with Crippen LogP contribution in [0.3, 0.4) is 0 Å². The van der Waals surface area contributed by atoms with Gasteiger partial charge in [-0.25, -0.2) is 4.39 Å². The topological polar surface area (TPSA) is 86.8 Å². The lowest BCUT2D eigenvalue weighted by atomic mass is 9.85. The number of benzene rings is 2. The lowest BCUT2D eigenvalue weighted by Gasteiger charge is -2.33. The number of rotatable bonds is 3. The summed E-state index contributed by atoms with van der Waals surface area (Å²) < 4.78 is 14.6. The van der Waals surface area contributed by atoms with Crippen LogP contribution >= 0.6 is 0 Å². The van der Waals surface area contributed by atoms with Crippen LogP contribution < -0.4 is 5.32 Å². The molecule has 3 aliphatic heterocycles. The van der Waals surface area contributed by atoms with E-state index in [1.54, 1.807) is 0 Å². The molecule has 0 aliphatic carbocycles. The zero-order valence-corrected chi connectivity index (χ0v) is 19.0. The largest absolute Gasteiger partial charge is 0.339 e. The molecule has 1 unspecified atom stereocenters.